The van der Waals surface area contributed by atoms with E-state index in [1.54, 1.807) is 0 Å². The van der Waals surface area contributed by atoms with E-state index in [0.717, 1.165) is 37.6 Å². The van der Waals surface area contributed by atoms with Crippen molar-refractivity contribution in [2.24, 2.45) is 5.92 Å². The lowest BCUT2D eigenvalue weighted by Gasteiger charge is -2.35. The molecule has 2 aliphatic rings. The van der Waals surface area contributed by atoms with Crippen LogP contribution in [0.3, 0.4) is 0 Å². The Labute approximate surface area is 176 Å². The highest BCUT2D eigenvalue weighted by molar-refractivity contribution is 6.30. The molecule has 2 heterocycles. The lowest BCUT2D eigenvalue weighted by atomic mass is 9.95. The van der Waals surface area contributed by atoms with Crippen molar-refractivity contribution in [2.75, 3.05) is 39.5 Å². The third kappa shape index (κ3) is 4.92. The molecule has 5 nitrogen and oxygen atoms in total. The van der Waals surface area contributed by atoms with E-state index in [0.29, 0.717) is 24.6 Å². The molecule has 1 N–H and O–H groups in total. The summed E-state index contributed by atoms with van der Waals surface area (Å²) in [6, 6.07) is 14.2. The van der Waals surface area contributed by atoms with Crippen LogP contribution >= 0.6 is 11.6 Å². The third-order valence-electron chi connectivity index (χ3n) is 5.68. The minimum Gasteiger partial charge on any atom is -0.492 e. The maximum absolute atomic E-state index is 12.9. The van der Waals surface area contributed by atoms with Gasteiger partial charge in [-0.2, -0.15) is 0 Å². The van der Waals surface area contributed by atoms with E-state index in [1.807, 2.05) is 18.2 Å². The van der Waals surface area contributed by atoms with Gasteiger partial charge in [0.15, 0.2) is 0 Å². The van der Waals surface area contributed by atoms with Gasteiger partial charge < -0.3 is 14.8 Å². The highest BCUT2D eigenvalue weighted by Gasteiger charge is 2.28. The second-order valence-corrected chi connectivity index (χ2v) is 8.22. The number of carbonyl (C=O) groups excluding carboxylic acids is 1. The predicted octanol–water partition coefficient (Wildman–Crippen LogP) is 3.39. The number of halogens is 1. The van der Waals surface area contributed by atoms with Gasteiger partial charge >= 0.3 is 0 Å². The Kier molecular flexibility index (Phi) is 6.38. The summed E-state index contributed by atoms with van der Waals surface area (Å²) in [5.74, 6) is 0.648. The third-order valence-corrected chi connectivity index (χ3v) is 5.92. The Morgan fingerprint density at radius 1 is 1.24 bits per heavy atom. The molecule has 4 rings (SSSR count). The van der Waals surface area contributed by atoms with Crippen LogP contribution in [-0.4, -0.2) is 50.3 Å². The fraction of sp³-hybridized carbons (Fsp3) is 0.435. The van der Waals surface area contributed by atoms with E-state index in [-0.39, 0.29) is 17.9 Å². The molecule has 1 amide bonds. The number of amides is 1. The molecule has 0 aromatic heterocycles. The molecule has 154 valence electrons. The molecule has 2 aromatic rings. The molecule has 1 saturated heterocycles. The average Bonchev–Trinajstić information content (AvgIpc) is 2.74. The molecule has 2 atom stereocenters. The van der Waals surface area contributed by atoms with Gasteiger partial charge in [0.25, 0.3) is 0 Å². The van der Waals surface area contributed by atoms with Crippen LogP contribution in [0.15, 0.2) is 42.5 Å². The molecule has 2 aromatic carbocycles. The van der Waals surface area contributed by atoms with Crippen LogP contribution in [0.4, 0.5) is 0 Å². The van der Waals surface area contributed by atoms with Crippen LogP contribution in [0.25, 0.3) is 0 Å². The summed E-state index contributed by atoms with van der Waals surface area (Å²) in [5.41, 5.74) is 3.44. The summed E-state index contributed by atoms with van der Waals surface area (Å²) in [6.07, 6.45) is 0.647. The Balaban J connectivity index is 1.43. The zero-order valence-corrected chi connectivity index (χ0v) is 17.5. The maximum Gasteiger partial charge on any atom is 0.226 e. The first-order valence-electron chi connectivity index (χ1n) is 10.2. The topological polar surface area (TPSA) is 50.8 Å². The molecule has 0 radical (unpaired) electrons. The number of nitrogens with zero attached hydrogens (tertiary/aromatic N) is 1. The minimum atomic E-state index is -0.205. The van der Waals surface area contributed by atoms with Crippen molar-refractivity contribution in [3.8, 4) is 5.75 Å². The van der Waals surface area contributed by atoms with E-state index >= 15 is 0 Å². The second kappa shape index (κ2) is 9.16. The smallest absolute Gasteiger partial charge is 0.226 e. The van der Waals surface area contributed by atoms with Crippen molar-refractivity contribution < 1.29 is 14.3 Å². The van der Waals surface area contributed by atoms with Gasteiger partial charge in [0.1, 0.15) is 12.4 Å². The average molecular weight is 415 g/mol. The number of hydrogen-bond donors (Lipinski definition) is 1. The number of benzene rings is 2. The van der Waals surface area contributed by atoms with Crippen LogP contribution in [-0.2, 0) is 16.0 Å². The summed E-state index contributed by atoms with van der Waals surface area (Å²) in [4.78, 5) is 15.3. The number of nitrogens with one attached hydrogen (secondary N) is 1. The first kappa shape index (κ1) is 20.2. The fourth-order valence-electron chi connectivity index (χ4n) is 4.10. The van der Waals surface area contributed by atoms with Crippen LogP contribution in [0.2, 0.25) is 5.02 Å². The highest BCUT2D eigenvalue weighted by Crippen LogP contribution is 2.30. The predicted molar refractivity (Wildman–Crippen MR) is 113 cm³/mol. The van der Waals surface area contributed by atoms with Crippen molar-refractivity contribution in [2.45, 2.75) is 19.4 Å². The number of hydrogen-bond acceptors (Lipinski definition) is 4. The number of carbonyl (C=O) groups is 1. The van der Waals surface area contributed by atoms with Gasteiger partial charge in [0.05, 0.1) is 25.2 Å². The van der Waals surface area contributed by atoms with Crippen molar-refractivity contribution >= 4 is 17.5 Å². The van der Waals surface area contributed by atoms with Gasteiger partial charge in [0, 0.05) is 24.7 Å². The van der Waals surface area contributed by atoms with Gasteiger partial charge in [0.2, 0.25) is 5.91 Å². The molecular formula is C23H27ClN2O3. The molecular weight excluding hydrogens is 388 g/mol. The number of ether oxygens (including phenoxy) is 2. The Bertz CT molecular complexity index is 867. The van der Waals surface area contributed by atoms with E-state index in [1.165, 1.54) is 11.1 Å². The normalized spacial score (nSPS) is 20.4. The molecule has 0 spiro atoms. The lowest BCUT2D eigenvalue weighted by Crippen LogP contribution is -2.45. The number of rotatable bonds is 5. The van der Waals surface area contributed by atoms with E-state index < -0.39 is 0 Å². The monoisotopic (exact) mass is 414 g/mol. The minimum absolute atomic E-state index is 0.0292. The first-order valence-corrected chi connectivity index (χ1v) is 10.6. The molecule has 0 bridgehead atoms. The summed E-state index contributed by atoms with van der Waals surface area (Å²) in [5, 5.41) is 3.85. The lowest BCUT2D eigenvalue weighted by molar-refractivity contribution is -0.126. The van der Waals surface area contributed by atoms with Crippen LogP contribution in [0, 0.1) is 12.8 Å². The largest absolute Gasteiger partial charge is 0.492 e. The molecule has 1 fully saturated rings. The molecule has 2 aliphatic heterocycles. The molecule has 29 heavy (non-hydrogen) atoms. The zero-order chi connectivity index (χ0) is 20.2. The Morgan fingerprint density at radius 2 is 2.07 bits per heavy atom. The summed E-state index contributed by atoms with van der Waals surface area (Å²) in [7, 11) is 0. The van der Waals surface area contributed by atoms with E-state index in [9.17, 15) is 4.79 Å². The SMILES string of the molecule is Cc1cccc(C(CNC(=O)C2COc3ccc(Cl)cc3C2)N2CCOCC2)c1. The number of aryl methyl sites for hydroxylation is 1. The highest BCUT2D eigenvalue weighted by atomic mass is 35.5. The maximum atomic E-state index is 12.9. The van der Waals surface area contributed by atoms with Crippen molar-refractivity contribution in [1.29, 1.82) is 0 Å². The summed E-state index contributed by atoms with van der Waals surface area (Å²) < 4.78 is 11.3. The quantitative estimate of drug-likeness (QED) is 0.814. The van der Waals surface area contributed by atoms with Crippen molar-refractivity contribution in [3.05, 3.63) is 64.2 Å². The fourth-order valence-corrected chi connectivity index (χ4v) is 4.29. The Hall–Kier alpha value is -2.08. The van der Waals surface area contributed by atoms with Gasteiger partial charge in [-0.1, -0.05) is 41.4 Å². The van der Waals surface area contributed by atoms with Crippen LogP contribution < -0.4 is 10.1 Å². The standard InChI is InChI=1S/C23H27ClN2O3/c1-16-3-2-4-17(11-16)21(26-7-9-28-10-8-26)14-25-23(27)19-12-18-13-20(24)5-6-22(18)29-15-19/h2-6,11,13,19,21H,7-10,12,14-15H2,1H3,(H,25,27). The summed E-state index contributed by atoms with van der Waals surface area (Å²) >= 11 is 6.10. The molecule has 0 aliphatic carbocycles. The van der Waals surface area contributed by atoms with Gasteiger partial charge in [-0.3, -0.25) is 9.69 Å². The summed E-state index contributed by atoms with van der Waals surface area (Å²) in [6.45, 7) is 6.25. The van der Waals surface area contributed by atoms with Crippen molar-refractivity contribution in [1.82, 2.24) is 10.2 Å². The Morgan fingerprint density at radius 3 is 2.86 bits per heavy atom. The van der Waals surface area contributed by atoms with Crippen molar-refractivity contribution in [3.63, 3.8) is 0 Å². The van der Waals surface area contributed by atoms with E-state index in [4.69, 9.17) is 21.1 Å². The van der Waals surface area contributed by atoms with Gasteiger partial charge in [-0.15, -0.1) is 0 Å². The van der Waals surface area contributed by atoms with Gasteiger partial charge in [-0.05, 0) is 42.7 Å². The molecule has 0 saturated carbocycles. The number of morpholine rings is 1. The molecule has 6 heteroatoms. The second-order valence-electron chi connectivity index (χ2n) is 7.79. The first-order chi connectivity index (χ1) is 14.1. The molecule has 2 unspecified atom stereocenters. The van der Waals surface area contributed by atoms with Gasteiger partial charge in [-0.25, -0.2) is 0 Å². The van der Waals surface area contributed by atoms with Crippen LogP contribution in [0.5, 0.6) is 5.75 Å². The number of fused-ring (bicyclic) bond motifs is 1. The zero-order valence-electron chi connectivity index (χ0n) is 16.7. The van der Waals surface area contributed by atoms with E-state index in [2.05, 4.69) is 41.4 Å². The van der Waals surface area contributed by atoms with Crippen LogP contribution in [0.1, 0.15) is 22.7 Å².